The average Bonchev–Trinajstić information content (AvgIpc) is 2.94. The van der Waals surface area contributed by atoms with Gasteiger partial charge in [-0.25, -0.2) is 0 Å². The zero-order chi connectivity index (χ0) is 34.1. The lowest BCUT2D eigenvalue weighted by Crippen LogP contribution is -2.43. The van der Waals surface area contributed by atoms with Gasteiger partial charge in [-0.2, -0.15) is 0 Å². The van der Waals surface area contributed by atoms with E-state index >= 15 is 0 Å². The summed E-state index contributed by atoms with van der Waals surface area (Å²) in [5, 5.41) is 105. The molecule has 0 saturated carbocycles. The molecule has 10 N–H and O–H groups in total. The molecule has 0 spiro atoms. The molecule has 1 rings (SSSR count). The summed E-state index contributed by atoms with van der Waals surface area (Å²) in [4.78, 5) is 13.0. The highest BCUT2D eigenvalue weighted by molar-refractivity contribution is 5.74. The summed E-state index contributed by atoms with van der Waals surface area (Å²) in [5.74, 6) is -2.39. The number of ether oxygens (including phenoxy) is 1. The lowest BCUT2D eigenvalue weighted by Gasteiger charge is -2.29. The van der Waals surface area contributed by atoms with E-state index in [0.29, 0.717) is 12.0 Å². The Morgan fingerprint density at radius 1 is 0.733 bits per heavy atom. The van der Waals surface area contributed by atoms with Crippen LogP contribution in [0.3, 0.4) is 0 Å². The van der Waals surface area contributed by atoms with Crippen LogP contribution >= 0.6 is 0 Å². The van der Waals surface area contributed by atoms with Crippen LogP contribution in [-0.2, 0) is 9.53 Å². The molecule has 258 valence electrons. The minimum absolute atomic E-state index is 0.162. The van der Waals surface area contributed by atoms with E-state index < -0.39 is 85.5 Å². The SMILES string of the molecule is CCCC(O)C1C(=O)OC(C)C(O)/C=C/C=C\C=C\C=C/C=C(\C)C(O)C(O)C(O)CC(O)CC(O)CC(O)CC(O)CC1O. The third kappa shape index (κ3) is 15.7. The van der Waals surface area contributed by atoms with Gasteiger partial charge in [0.15, 0.2) is 0 Å². The Morgan fingerprint density at radius 2 is 1.20 bits per heavy atom. The summed E-state index contributed by atoms with van der Waals surface area (Å²) in [6.07, 6.45) is -1.28. The maximum absolute atomic E-state index is 13.0. The summed E-state index contributed by atoms with van der Waals surface area (Å²) in [7, 11) is 0. The molecule has 0 amide bonds. The summed E-state index contributed by atoms with van der Waals surface area (Å²) >= 11 is 0. The number of carbonyl (C=O) groups is 1. The number of esters is 1. The number of aliphatic hydroxyl groups excluding tert-OH is 10. The molecule has 1 aliphatic rings. The quantitative estimate of drug-likeness (QED) is 0.185. The lowest BCUT2D eigenvalue weighted by molar-refractivity contribution is -0.168. The Morgan fingerprint density at radius 3 is 1.73 bits per heavy atom. The van der Waals surface area contributed by atoms with Crippen LogP contribution in [0.25, 0.3) is 0 Å². The normalized spacial score (nSPS) is 40.9. The number of cyclic esters (lactones) is 1. The van der Waals surface area contributed by atoms with Crippen molar-refractivity contribution in [2.75, 3.05) is 0 Å². The monoisotopic (exact) mass is 642 g/mol. The van der Waals surface area contributed by atoms with Gasteiger partial charge >= 0.3 is 5.97 Å². The number of hydrogen-bond donors (Lipinski definition) is 10. The third-order valence-electron chi connectivity index (χ3n) is 7.65. The molecule has 0 radical (unpaired) electrons. The standard InChI is InChI=1S/C33H54O12/c1-4-12-27(39)30-28(40)18-24(36)16-22(34)15-23(35)17-25(37)19-29(41)32(43)31(42)20(2)13-10-8-6-5-7-9-11-14-26(38)21(3)45-33(30)44/h5-11,13-14,21-32,34-43H,4,12,15-19H2,1-3H3/b6-5+,9-7-,10-8-,14-11+,20-13+. The summed E-state index contributed by atoms with van der Waals surface area (Å²) in [6, 6.07) is 0. The van der Waals surface area contributed by atoms with Crippen molar-refractivity contribution >= 4 is 5.97 Å². The second-order valence-corrected chi connectivity index (χ2v) is 11.8. The van der Waals surface area contributed by atoms with Crippen LogP contribution in [0, 0.1) is 5.92 Å². The van der Waals surface area contributed by atoms with Crippen LogP contribution in [0.4, 0.5) is 0 Å². The van der Waals surface area contributed by atoms with Gasteiger partial charge < -0.3 is 55.8 Å². The maximum Gasteiger partial charge on any atom is 0.314 e. The summed E-state index contributed by atoms with van der Waals surface area (Å²) in [6.45, 7) is 4.79. The highest BCUT2D eigenvalue weighted by Crippen LogP contribution is 2.23. The van der Waals surface area contributed by atoms with Gasteiger partial charge in [0.1, 0.15) is 30.3 Å². The second kappa shape index (κ2) is 21.5. The second-order valence-electron chi connectivity index (χ2n) is 11.8. The Balaban J connectivity index is 3.17. The van der Waals surface area contributed by atoms with Gasteiger partial charge in [0.2, 0.25) is 0 Å². The number of allylic oxidation sites excluding steroid dienone is 8. The molecule has 0 aliphatic carbocycles. The largest absolute Gasteiger partial charge is 0.459 e. The van der Waals surface area contributed by atoms with E-state index in [4.69, 9.17) is 4.74 Å². The molecule has 0 aromatic rings. The van der Waals surface area contributed by atoms with E-state index in [-0.39, 0.29) is 32.1 Å². The van der Waals surface area contributed by atoms with E-state index in [9.17, 15) is 55.9 Å². The van der Waals surface area contributed by atoms with Gasteiger partial charge in [-0.3, -0.25) is 4.79 Å². The first kappa shape index (κ1) is 40.8. The Kier molecular flexibility index (Phi) is 19.5. The predicted octanol–water partition coefficient (Wildman–Crippen LogP) is 0.0786. The Bertz CT molecular complexity index is 992. The minimum Gasteiger partial charge on any atom is -0.459 e. The topological polar surface area (TPSA) is 229 Å². The molecule has 12 atom stereocenters. The van der Waals surface area contributed by atoms with Crippen LogP contribution in [0.2, 0.25) is 0 Å². The van der Waals surface area contributed by atoms with Crippen molar-refractivity contribution in [3.05, 3.63) is 60.3 Å². The van der Waals surface area contributed by atoms with Crippen LogP contribution < -0.4 is 0 Å². The van der Waals surface area contributed by atoms with Crippen molar-refractivity contribution in [1.82, 2.24) is 0 Å². The van der Waals surface area contributed by atoms with E-state index in [1.165, 1.54) is 13.0 Å². The van der Waals surface area contributed by atoms with Crippen LogP contribution in [0.5, 0.6) is 0 Å². The van der Waals surface area contributed by atoms with E-state index in [1.54, 1.807) is 62.5 Å². The molecule has 0 aromatic heterocycles. The fourth-order valence-corrected chi connectivity index (χ4v) is 4.99. The molecule has 45 heavy (non-hydrogen) atoms. The van der Waals surface area contributed by atoms with E-state index in [0.717, 1.165) is 0 Å². The van der Waals surface area contributed by atoms with Crippen LogP contribution in [0.15, 0.2) is 60.3 Å². The molecule has 1 heterocycles. The summed E-state index contributed by atoms with van der Waals surface area (Å²) in [5.41, 5.74) is 0.356. The average molecular weight is 643 g/mol. The smallest absolute Gasteiger partial charge is 0.314 e. The first-order valence-electron chi connectivity index (χ1n) is 15.5. The van der Waals surface area contributed by atoms with Crippen molar-refractivity contribution in [1.29, 1.82) is 0 Å². The van der Waals surface area contributed by atoms with Gasteiger partial charge in [-0.15, -0.1) is 0 Å². The van der Waals surface area contributed by atoms with E-state index in [2.05, 4.69) is 0 Å². The van der Waals surface area contributed by atoms with Crippen molar-refractivity contribution in [3.63, 3.8) is 0 Å². The number of rotatable bonds is 3. The molecule has 0 bridgehead atoms. The predicted molar refractivity (Wildman–Crippen MR) is 167 cm³/mol. The first-order valence-corrected chi connectivity index (χ1v) is 15.5. The highest BCUT2D eigenvalue weighted by atomic mass is 16.6. The van der Waals surface area contributed by atoms with Gasteiger partial charge in [0.25, 0.3) is 0 Å². The molecule has 12 heteroatoms. The van der Waals surface area contributed by atoms with Crippen molar-refractivity contribution in [3.8, 4) is 0 Å². The molecule has 0 saturated heterocycles. The van der Waals surface area contributed by atoms with Gasteiger partial charge in [-0.1, -0.05) is 68.0 Å². The van der Waals surface area contributed by atoms with Gasteiger partial charge in [0, 0.05) is 12.8 Å². The zero-order valence-corrected chi connectivity index (χ0v) is 26.4. The number of hydrogen-bond acceptors (Lipinski definition) is 12. The zero-order valence-electron chi connectivity index (χ0n) is 26.4. The van der Waals surface area contributed by atoms with Crippen molar-refractivity contribution in [2.45, 2.75) is 133 Å². The Labute approximate surface area is 265 Å². The molecule has 12 nitrogen and oxygen atoms in total. The molecule has 0 fully saturated rings. The molecule has 1 aliphatic heterocycles. The molecule has 0 aromatic carbocycles. The van der Waals surface area contributed by atoms with Gasteiger partial charge in [0.05, 0.1) is 42.7 Å². The van der Waals surface area contributed by atoms with Crippen molar-refractivity contribution in [2.24, 2.45) is 5.92 Å². The van der Waals surface area contributed by atoms with E-state index in [1.807, 2.05) is 0 Å². The van der Waals surface area contributed by atoms with Crippen molar-refractivity contribution < 1.29 is 60.6 Å². The lowest BCUT2D eigenvalue weighted by atomic mass is 9.88. The minimum atomic E-state index is -1.61. The fourth-order valence-electron chi connectivity index (χ4n) is 4.99. The first-order chi connectivity index (χ1) is 21.2. The van der Waals surface area contributed by atoms with Gasteiger partial charge in [-0.05, 0) is 45.1 Å². The summed E-state index contributed by atoms with van der Waals surface area (Å²) < 4.78 is 5.35. The molecular formula is C33H54O12. The fraction of sp³-hybridized carbons (Fsp3) is 0.667. The molecular weight excluding hydrogens is 588 g/mol. The van der Waals surface area contributed by atoms with Crippen LogP contribution in [-0.4, -0.2) is 124 Å². The highest BCUT2D eigenvalue weighted by Gasteiger charge is 2.37. The number of carbonyl (C=O) groups excluding carboxylic acids is 1. The molecule has 12 unspecified atom stereocenters. The van der Waals surface area contributed by atoms with Crippen LogP contribution in [0.1, 0.15) is 65.7 Å². The third-order valence-corrected chi connectivity index (χ3v) is 7.65. The maximum atomic E-state index is 13.0. The Hall–Kier alpha value is -2.23. The number of aliphatic hydroxyl groups is 10.